The molecule has 0 radical (unpaired) electrons. The van der Waals surface area contributed by atoms with E-state index in [0.29, 0.717) is 54.8 Å². The van der Waals surface area contributed by atoms with Crippen molar-refractivity contribution in [3.05, 3.63) is 50.5 Å². The molecule has 1 aliphatic carbocycles. The van der Waals surface area contributed by atoms with Gasteiger partial charge in [0, 0.05) is 49.4 Å². The molecule has 0 bridgehead atoms. The number of pyridine rings is 1. The number of fused-ring (bicyclic) bond motifs is 3. The third-order valence-corrected chi connectivity index (χ3v) is 8.53. The summed E-state index contributed by atoms with van der Waals surface area (Å²) in [5.74, 6) is 2.79. The molecule has 8 nitrogen and oxygen atoms in total. The number of carbonyl (C=O) groups excluding carboxylic acids is 1. The molecule has 3 aromatic heterocycles. The van der Waals surface area contributed by atoms with Crippen LogP contribution < -0.4 is 10.5 Å². The Morgan fingerprint density at radius 2 is 2.15 bits per heavy atom. The fraction of sp³-hybridized carbons (Fsp3) is 0.458. The second kappa shape index (κ2) is 10.2. The number of aryl methyl sites for hydroxylation is 2. The first-order chi connectivity index (χ1) is 16.6. The first kappa shape index (κ1) is 22.9. The van der Waals surface area contributed by atoms with Crippen LogP contribution in [0.3, 0.4) is 0 Å². The topological polar surface area (TPSA) is 106 Å². The highest BCUT2D eigenvalue weighted by Crippen LogP contribution is 2.34. The standard InChI is InChI=1S/C24H26N6O2S2/c25-14-16-4-2-8-26-22(16)30-10-3-9-29(11-12-30)20(31)7-13-33-15-19-27-23(32)21-17-5-1-6-18(17)34-24(21)28-19/h2,4,8H,1,3,5-7,9-13,15H2,(H,27,28,32). The van der Waals surface area contributed by atoms with Crippen LogP contribution in [-0.4, -0.2) is 57.7 Å². The van der Waals surface area contributed by atoms with Gasteiger partial charge in [-0.25, -0.2) is 9.97 Å². The molecule has 4 heterocycles. The summed E-state index contributed by atoms with van der Waals surface area (Å²) in [5, 5.41) is 10.1. The molecule has 0 spiro atoms. The van der Waals surface area contributed by atoms with Crippen LogP contribution in [0.5, 0.6) is 0 Å². The van der Waals surface area contributed by atoms with E-state index in [9.17, 15) is 14.9 Å². The lowest BCUT2D eigenvalue weighted by Gasteiger charge is -2.23. The molecule has 1 N–H and O–H groups in total. The summed E-state index contributed by atoms with van der Waals surface area (Å²) >= 11 is 3.28. The van der Waals surface area contributed by atoms with Crippen LogP contribution in [0.15, 0.2) is 23.1 Å². The number of anilines is 1. The lowest BCUT2D eigenvalue weighted by Crippen LogP contribution is -2.35. The van der Waals surface area contributed by atoms with Crippen LogP contribution in [0.1, 0.15) is 41.1 Å². The van der Waals surface area contributed by atoms with E-state index in [1.807, 2.05) is 4.90 Å². The number of thiophene rings is 1. The van der Waals surface area contributed by atoms with E-state index in [2.05, 4.69) is 25.9 Å². The number of aromatic amines is 1. The lowest BCUT2D eigenvalue weighted by molar-refractivity contribution is -0.130. The van der Waals surface area contributed by atoms with Gasteiger partial charge in [-0.3, -0.25) is 9.59 Å². The molecule has 176 valence electrons. The average molecular weight is 495 g/mol. The smallest absolute Gasteiger partial charge is 0.259 e. The molecule has 34 heavy (non-hydrogen) atoms. The number of carbonyl (C=O) groups is 1. The van der Waals surface area contributed by atoms with Crippen LogP contribution in [0.25, 0.3) is 10.2 Å². The van der Waals surface area contributed by atoms with Crippen LogP contribution in [0.4, 0.5) is 5.82 Å². The van der Waals surface area contributed by atoms with Gasteiger partial charge in [0.15, 0.2) is 0 Å². The van der Waals surface area contributed by atoms with Crippen molar-refractivity contribution in [2.45, 2.75) is 37.9 Å². The molecule has 3 aromatic rings. The van der Waals surface area contributed by atoms with Gasteiger partial charge < -0.3 is 14.8 Å². The van der Waals surface area contributed by atoms with E-state index >= 15 is 0 Å². The highest BCUT2D eigenvalue weighted by Gasteiger charge is 2.22. The molecule has 1 fully saturated rings. The fourth-order valence-corrected chi connectivity index (χ4v) is 6.79. The minimum absolute atomic E-state index is 0.0299. The molecule has 0 unspecified atom stereocenters. The summed E-state index contributed by atoms with van der Waals surface area (Å²) in [6, 6.07) is 5.75. The number of nitriles is 1. The molecule has 0 saturated carbocycles. The molecular formula is C24H26N6O2S2. The number of H-pyrrole nitrogens is 1. The van der Waals surface area contributed by atoms with Crippen molar-refractivity contribution in [2.75, 3.05) is 36.8 Å². The third kappa shape index (κ3) is 4.68. The largest absolute Gasteiger partial charge is 0.354 e. The number of hydrogen-bond donors (Lipinski definition) is 1. The van der Waals surface area contributed by atoms with E-state index < -0.39 is 0 Å². The molecule has 1 saturated heterocycles. The van der Waals surface area contributed by atoms with Crippen LogP contribution in [0.2, 0.25) is 0 Å². The predicted molar refractivity (Wildman–Crippen MR) is 135 cm³/mol. The number of nitrogens with one attached hydrogen (secondary N) is 1. The SMILES string of the molecule is N#Cc1cccnc1N1CCCN(C(=O)CCSCc2nc3sc4c(c3c(=O)[nH]2)CCC4)CC1. The fourth-order valence-electron chi connectivity index (χ4n) is 4.72. The van der Waals surface area contributed by atoms with Crippen molar-refractivity contribution in [3.8, 4) is 6.07 Å². The Morgan fingerprint density at radius 1 is 1.24 bits per heavy atom. The summed E-state index contributed by atoms with van der Waals surface area (Å²) in [7, 11) is 0. The number of nitrogens with zero attached hydrogens (tertiary/aromatic N) is 5. The summed E-state index contributed by atoms with van der Waals surface area (Å²) < 4.78 is 0. The monoisotopic (exact) mass is 494 g/mol. The average Bonchev–Trinajstić information content (AvgIpc) is 3.34. The first-order valence-electron chi connectivity index (χ1n) is 11.6. The molecule has 1 amide bonds. The first-order valence-corrected chi connectivity index (χ1v) is 13.6. The quantitative estimate of drug-likeness (QED) is 0.525. The summed E-state index contributed by atoms with van der Waals surface area (Å²) in [6.45, 7) is 2.78. The van der Waals surface area contributed by atoms with E-state index in [1.54, 1.807) is 41.4 Å². The Kier molecular flexibility index (Phi) is 6.83. The Balaban J connectivity index is 1.12. The minimum atomic E-state index is -0.0299. The molecular weight excluding hydrogens is 468 g/mol. The summed E-state index contributed by atoms with van der Waals surface area (Å²) in [4.78, 5) is 43.6. The van der Waals surface area contributed by atoms with Gasteiger partial charge in [0.05, 0.1) is 16.7 Å². The highest BCUT2D eigenvalue weighted by atomic mass is 32.2. The van der Waals surface area contributed by atoms with Gasteiger partial charge in [-0.1, -0.05) is 0 Å². The van der Waals surface area contributed by atoms with Gasteiger partial charge in [-0.2, -0.15) is 17.0 Å². The Hall–Kier alpha value is -2.90. The number of amides is 1. The number of aromatic nitrogens is 3. The van der Waals surface area contributed by atoms with Gasteiger partial charge in [0.1, 0.15) is 22.5 Å². The van der Waals surface area contributed by atoms with Gasteiger partial charge in [0.2, 0.25) is 5.91 Å². The number of rotatable bonds is 6. The summed E-state index contributed by atoms with van der Waals surface area (Å²) in [6.07, 6.45) is 6.16. The second-order valence-electron chi connectivity index (χ2n) is 8.56. The zero-order valence-corrected chi connectivity index (χ0v) is 20.5. The zero-order chi connectivity index (χ0) is 23.5. The van der Waals surface area contributed by atoms with E-state index in [0.717, 1.165) is 42.4 Å². The van der Waals surface area contributed by atoms with E-state index in [1.165, 1.54) is 10.4 Å². The molecule has 5 rings (SSSR count). The van der Waals surface area contributed by atoms with Crippen molar-refractivity contribution < 1.29 is 4.79 Å². The Labute approximate surface area is 206 Å². The van der Waals surface area contributed by atoms with Gasteiger partial charge in [0.25, 0.3) is 5.56 Å². The van der Waals surface area contributed by atoms with Gasteiger partial charge >= 0.3 is 0 Å². The minimum Gasteiger partial charge on any atom is -0.354 e. The predicted octanol–water partition coefficient (Wildman–Crippen LogP) is 3.10. The van der Waals surface area contributed by atoms with Gasteiger partial charge in [-0.05, 0) is 43.4 Å². The van der Waals surface area contributed by atoms with Crippen molar-refractivity contribution in [3.63, 3.8) is 0 Å². The molecule has 0 aromatic carbocycles. The number of hydrogen-bond acceptors (Lipinski definition) is 8. The maximum absolute atomic E-state index is 12.8. The van der Waals surface area contributed by atoms with Crippen LogP contribution in [-0.2, 0) is 23.4 Å². The van der Waals surface area contributed by atoms with Crippen molar-refractivity contribution in [1.82, 2.24) is 19.9 Å². The molecule has 0 atom stereocenters. The highest BCUT2D eigenvalue weighted by molar-refractivity contribution is 7.98. The van der Waals surface area contributed by atoms with Crippen molar-refractivity contribution in [1.29, 1.82) is 5.26 Å². The summed E-state index contributed by atoms with van der Waals surface area (Å²) in [5.41, 5.74) is 1.73. The molecule has 2 aliphatic rings. The number of thioether (sulfide) groups is 1. The zero-order valence-electron chi connectivity index (χ0n) is 18.9. The van der Waals surface area contributed by atoms with Crippen molar-refractivity contribution in [2.24, 2.45) is 0 Å². The van der Waals surface area contributed by atoms with Crippen LogP contribution >= 0.6 is 23.1 Å². The third-order valence-electron chi connectivity index (χ3n) is 6.38. The lowest BCUT2D eigenvalue weighted by atomic mass is 10.2. The Morgan fingerprint density at radius 3 is 3.03 bits per heavy atom. The molecule has 10 heteroatoms. The maximum atomic E-state index is 12.8. The van der Waals surface area contributed by atoms with Crippen LogP contribution in [0, 0.1) is 11.3 Å². The van der Waals surface area contributed by atoms with E-state index in [4.69, 9.17) is 0 Å². The molecule has 1 aliphatic heterocycles. The van der Waals surface area contributed by atoms with Gasteiger partial charge in [-0.15, -0.1) is 11.3 Å². The maximum Gasteiger partial charge on any atom is 0.259 e. The second-order valence-corrected chi connectivity index (χ2v) is 10.7. The normalized spacial score (nSPS) is 15.9. The Bertz CT molecular complexity index is 1310. The van der Waals surface area contributed by atoms with E-state index in [-0.39, 0.29) is 11.5 Å². The van der Waals surface area contributed by atoms with Crippen molar-refractivity contribution >= 4 is 45.0 Å².